The Hall–Kier alpha value is -6.25. The summed E-state index contributed by atoms with van der Waals surface area (Å²) in [6.07, 6.45) is 19.4. The van der Waals surface area contributed by atoms with Crippen molar-refractivity contribution in [3.63, 3.8) is 0 Å². The van der Waals surface area contributed by atoms with Gasteiger partial charge in [-0.15, -0.1) is 0 Å². The van der Waals surface area contributed by atoms with Crippen LogP contribution in [0, 0.1) is 0 Å². The van der Waals surface area contributed by atoms with Gasteiger partial charge in [0, 0.05) is 16.9 Å². The second kappa shape index (κ2) is 13.6. The number of hydrogen-bond acceptors (Lipinski definition) is 2. The first kappa shape index (κ1) is 33.3. The van der Waals surface area contributed by atoms with E-state index in [9.17, 15) is 0 Å². The van der Waals surface area contributed by atoms with Gasteiger partial charge in [-0.05, 0) is 103 Å². The Balaban J connectivity index is 0.970. The van der Waals surface area contributed by atoms with E-state index in [1.807, 2.05) is 0 Å². The van der Waals surface area contributed by atoms with Gasteiger partial charge in [0.1, 0.15) is 5.84 Å². The zero-order valence-electron chi connectivity index (χ0n) is 31.5. The summed E-state index contributed by atoms with van der Waals surface area (Å²) in [5.41, 5.74) is 16.5. The van der Waals surface area contributed by atoms with Gasteiger partial charge in [-0.1, -0.05) is 178 Å². The van der Waals surface area contributed by atoms with Crippen molar-refractivity contribution >= 4 is 22.2 Å². The van der Waals surface area contributed by atoms with Crippen LogP contribution < -0.4 is 5.32 Å². The predicted molar refractivity (Wildman–Crippen MR) is 231 cm³/mol. The maximum atomic E-state index is 5.22. The molecule has 2 nitrogen and oxygen atoms in total. The lowest BCUT2D eigenvalue weighted by molar-refractivity contribution is 0.663. The Labute approximate surface area is 324 Å². The van der Waals surface area contributed by atoms with E-state index in [4.69, 9.17) is 4.99 Å². The summed E-state index contributed by atoms with van der Waals surface area (Å²) in [7, 11) is 0. The highest BCUT2D eigenvalue weighted by Gasteiger charge is 2.39. The second-order valence-electron chi connectivity index (χ2n) is 15.8. The van der Waals surface area contributed by atoms with Gasteiger partial charge in [0.15, 0.2) is 0 Å². The highest BCUT2D eigenvalue weighted by atomic mass is 15.0. The lowest BCUT2D eigenvalue weighted by Gasteiger charge is -2.26. The Morgan fingerprint density at radius 1 is 0.636 bits per heavy atom. The Bertz CT molecular complexity index is 2650. The molecule has 0 radical (unpaired) electrons. The van der Waals surface area contributed by atoms with Crippen molar-refractivity contribution in [1.82, 2.24) is 5.32 Å². The van der Waals surface area contributed by atoms with Crippen LogP contribution in [-0.2, 0) is 5.41 Å². The molecule has 0 amide bonds. The molecule has 0 bridgehead atoms. The van der Waals surface area contributed by atoms with E-state index < -0.39 is 0 Å². The molecule has 0 spiro atoms. The largest absolute Gasteiger partial charge is 0.359 e. The molecule has 2 unspecified atom stereocenters. The molecule has 266 valence electrons. The van der Waals surface area contributed by atoms with Crippen molar-refractivity contribution in [2.24, 2.45) is 4.99 Å². The standard InChI is InChI=1S/C53H44N2/c1-53(2)47-33-42(30-31-45(47)50-46(38-16-8-4-9-17-38)32-43-20-12-13-21-44(43)51(50)53)37-24-28-40(29-25-37)49-34-48(54-52(55-49)41-18-10-5-11-19-41)39-26-22-36(23-27-39)35-14-6-3-7-15-35/h4-6,8-24,26-34,37,48H,3,7,25H2,1-2H3,(H,54,55). The SMILES string of the molecule is CC1(C)c2cc(C3C=CC(C4=CC(c5ccc(C6=CCCC=C6)cc5)NC(c5ccccc5)=N4)=CC3)ccc2-c2c(-c3ccccc3)cc3ccccc3c21. The summed E-state index contributed by atoms with van der Waals surface area (Å²) >= 11 is 0. The molecule has 4 aliphatic rings. The lowest BCUT2D eigenvalue weighted by Crippen LogP contribution is -2.31. The van der Waals surface area contributed by atoms with Crippen molar-refractivity contribution < 1.29 is 0 Å². The van der Waals surface area contributed by atoms with E-state index >= 15 is 0 Å². The molecule has 0 saturated heterocycles. The first-order chi connectivity index (χ1) is 27.0. The number of hydrogen-bond donors (Lipinski definition) is 1. The molecular formula is C53H44N2. The van der Waals surface area contributed by atoms with Crippen LogP contribution in [0.15, 0.2) is 192 Å². The highest BCUT2D eigenvalue weighted by Crippen LogP contribution is 2.55. The van der Waals surface area contributed by atoms with Crippen LogP contribution in [-0.4, -0.2) is 5.84 Å². The minimum absolute atomic E-state index is 0.0112. The third kappa shape index (κ3) is 5.94. The molecule has 6 aromatic rings. The van der Waals surface area contributed by atoms with Gasteiger partial charge in [0.2, 0.25) is 0 Å². The van der Waals surface area contributed by atoms with Crippen LogP contribution in [0.2, 0.25) is 0 Å². The topological polar surface area (TPSA) is 24.4 Å². The van der Waals surface area contributed by atoms with E-state index in [1.165, 1.54) is 72.0 Å². The third-order valence-corrected chi connectivity index (χ3v) is 12.1. The third-order valence-electron chi connectivity index (χ3n) is 12.1. The number of amidine groups is 1. The average Bonchev–Trinajstić information content (AvgIpc) is 3.50. The number of nitrogens with zero attached hydrogens (tertiary/aromatic N) is 1. The summed E-state index contributed by atoms with van der Waals surface area (Å²) in [6.45, 7) is 4.83. The van der Waals surface area contributed by atoms with Crippen molar-refractivity contribution in [3.05, 3.63) is 221 Å². The van der Waals surface area contributed by atoms with Crippen molar-refractivity contribution in [2.75, 3.05) is 0 Å². The van der Waals surface area contributed by atoms with Gasteiger partial charge in [0.05, 0.1) is 11.7 Å². The Morgan fingerprint density at radius 2 is 1.38 bits per heavy atom. The van der Waals surface area contributed by atoms with Crippen LogP contribution in [0.25, 0.3) is 38.6 Å². The molecule has 2 atom stereocenters. The highest BCUT2D eigenvalue weighted by molar-refractivity contribution is 6.05. The van der Waals surface area contributed by atoms with E-state index in [1.54, 1.807) is 0 Å². The quantitative estimate of drug-likeness (QED) is 0.183. The summed E-state index contributed by atoms with van der Waals surface area (Å²) in [5.74, 6) is 1.20. The van der Waals surface area contributed by atoms with E-state index in [0.717, 1.165) is 36.4 Å². The average molecular weight is 709 g/mol. The van der Waals surface area contributed by atoms with E-state index in [2.05, 4.69) is 195 Å². The molecule has 3 aliphatic carbocycles. The molecule has 6 aromatic carbocycles. The number of benzene rings is 6. The van der Waals surface area contributed by atoms with Crippen LogP contribution in [0.5, 0.6) is 0 Å². The molecule has 1 aliphatic heterocycles. The van der Waals surface area contributed by atoms with Crippen LogP contribution in [0.4, 0.5) is 0 Å². The van der Waals surface area contributed by atoms with Gasteiger partial charge in [-0.2, -0.15) is 0 Å². The fourth-order valence-corrected chi connectivity index (χ4v) is 9.17. The van der Waals surface area contributed by atoms with Crippen LogP contribution in [0.3, 0.4) is 0 Å². The van der Waals surface area contributed by atoms with Gasteiger partial charge < -0.3 is 5.32 Å². The zero-order valence-corrected chi connectivity index (χ0v) is 31.5. The van der Waals surface area contributed by atoms with Gasteiger partial charge in [-0.25, -0.2) is 4.99 Å². The predicted octanol–water partition coefficient (Wildman–Crippen LogP) is 13.2. The van der Waals surface area contributed by atoms with E-state index in [-0.39, 0.29) is 11.5 Å². The fraction of sp³-hybridized carbons (Fsp3) is 0.151. The Kier molecular flexibility index (Phi) is 8.21. The summed E-state index contributed by atoms with van der Waals surface area (Å²) in [5, 5.41) is 6.40. The number of fused-ring (bicyclic) bond motifs is 5. The number of rotatable bonds is 6. The smallest absolute Gasteiger partial charge is 0.134 e. The van der Waals surface area contributed by atoms with Crippen molar-refractivity contribution in [3.8, 4) is 22.3 Å². The zero-order chi connectivity index (χ0) is 36.9. The number of aliphatic imine (C=N–C) groups is 1. The molecule has 10 rings (SSSR count). The van der Waals surface area contributed by atoms with Crippen LogP contribution >= 0.6 is 0 Å². The first-order valence-corrected chi connectivity index (χ1v) is 19.8. The first-order valence-electron chi connectivity index (χ1n) is 19.8. The maximum absolute atomic E-state index is 5.22. The molecule has 0 saturated carbocycles. The van der Waals surface area contributed by atoms with Crippen LogP contribution in [0.1, 0.15) is 78.5 Å². The summed E-state index contributed by atoms with van der Waals surface area (Å²) < 4.78 is 0. The van der Waals surface area contributed by atoms with Gasteiger partial charge >= 0.3 is 0 Å². The maximum Gasteiger partial charge on any atom is 0.134 e. The number of nitrogens with one attached hydrogen (secondary N) is 1. The number of allylic oxidation sites excluding steroid dienone is 7. The molecule has 1 heterocycles. The lowest BCUT2D eigenvalue weighted by atomic mass is 9.78. The minimum atomic E-state index is -0.135. The normalized spacial score (nSPS) is 19.5. The summed E-state index contributed by atoms with van der Waals surface area (Å²) in [4.78, 5) is 5.22. The van der Waals surface area contributed by atoms with Gasteiger partial charge in [0.25, 0.3) is 0 Å². The molecule has 0 fully saturated rings. The fourth-order valence-electron chi connectivity index (χ4n) is 9.17. The molecule has 2 heteroatoms. The minimum Gasteiger partial charge on any atom is -0.359 e. The second-order valence-corrected chi connectivity index (χ2v) is 15.8. The Morgan fingerprint density at radius 3 is 2.13 bits per heavy atom. The van der Waals surface area contributed by atoms with Crippen molar-refractivity contribution in [1.29, 1.82) is 0 Å². The molecule has 55 heavy (non-hydrogen) atoms. The molecule has 0 aromatic heterocycles. The van der Waals surface area contributed by atoms with E-state index in [0.29, 0.717) is 5.92 Å². The molecule has 1 N–H and O–H groups in total. The molecular weight excluding hydrogens is 665 g/mol. The van der Waals surface area contributed by atoms with Gasteiger partial charge in [-0.3, -0.25) is 0 Å². The summed E-state index contributed by atoms with van der Waals surface area (Å²) in [6, 6.07) is 49.0. The monoisotopic (exact) mass is 708 g/mol. The van der Waals surface area contributed by atoms with Crippen molar-refractivity contribution in [2.45, 2.75) is 50.5 Å².